The predicted octanol–water partition coefficient (Wildman–Crippen LogP) is 1.49. The van der Waals surface area contributed by atoms with Gasteiger partial charge in [-0.15, -0.1) is 0 Å². The van der Waals surface area contributed by atoms with Crippen molar-refractivity contribution in [3.8, 4) is 6.07 Å². The Morgan fingerprint density at radius 2 is 2.07 bits per heavy atom. The van der Waals surface area contributed by atoms with Crippen LogP contribution in [-0.4, -0.2) is 75.9 Å². The lowest BCUT2D eigenvalue weighted by Crippen LogP contribution is -2.55. The van der Waals surface area contributed by atoms with E-state index in [4.69, 9.17) is 5.26 Å². The highest BCUT2D eigenvalue weighted by atomic mass is 16.2. The van der Waals surface area contributed by atoms with Crippen molar-refractivity contribution in [2.24, 2.45) is 0 Å². The minimum Gasteiger partial charge on any atom is -0.356 e. The van der Waals surface area contributed by atoms with E-state index >= 15 is 0 Å². The third-order valence-corrected chi connectivity index (χ3v) is 6.67. The number of H-pyrrole nitrogens is 1. The topological polar surface area (TPSA) is 79.3 Å². The number of nitriles is 1. The number of carbonyl (C=O) groups is 1. The number of aromatic amines is 1. The smallest absolute Gasteiger partial charge is 0.236 e. The van der Waals surface area contributed by atoms with E-state index in [1.165, 1.54) is 24.8 Å². The second-order valence-electron chi connectivity index (χ2n) is 8.27. The molecule has 1 saturated carbocycles. The standard InChI is InChI=1S/C21H26N6O/c22-11-15-10-18-17-4-5-25(13-20(17)24-19(18)12-23-15)14-21(28)27-8-6-26(7-9-27)16-2-1-3-16/h10,12,16,24H,1-9,13-14H2. The van der Waals surface area contributed by atoms with Gasteiger partial charge >= 0.3 is 0 Å². The number of rotatable bonds is 3. The molecule has 1 saturated heterocycles. The van der Waals surface area contributed by atoms with Crippen molar-refractivity contribution in [2.75, 3.05) is 39.3 Å². The highest BCUT2D eigenvalue weighted by molar-refractivity contribution is 5.85. The fourth-order valence-corrected chi connectivity index (χ4v) is 4.77. The fourth-order valence-electron chi connectivity index (χ4n) is 4.77. The number of amides is 1. The van der Waals surface area contributed by atoms with E-state index in [2.05, 4.69) is 25.8 Å². The maximum absolute atomic E-state index is 12.8. The van der Waals surface area contributed by atoms with Crippen molar-refractivity contribution in [3.63, 3.8) is 0 Å². The SMILES string of the molecule is N#Cc1cc2c3c([nH]c2cn1)CN(CC(=O)N1CCN(C2CCC2)CC1)CC3. The highest BCUT2D eigenvalue weighted by Gasteiger charge is 2.30. The van der Waals surface area contributed by atoms with Crippen LogP contribution in [-0.2, 0) is 17.8 Å². The van der Waals surface area contributed by atoms with Gasteiger partial charge in [-0.25, -0.2) is 4.98 Å². The maximum atomic E-state index is 12.8. The molecule has 0 radical (unpaired) electrons. The van der Waals surface area contributed by atoms with Gasteiger partial charge in [-0.3, -0.25) is 14.6 Å². The number of hydrogen-bond donors (Lipinski definition) is 1. The molecule has 1 amide bonds. The maximum Gasteiger partial charge on any atom is 0.236 e. The lowest BCUT2D eigenvalue weighted by Gasteiger charge is -2.43. The second-order valence-corrected chi connectivity index (χ2v) is 8.27. The molecule has 1 aliphatic carbocycles. The van der Waals surface area contributed by atoms with Gasteiger partial charge in [0.05, 0.1) is 18.3 Å². The summed E-state index contributed by atoms with van der Waals surface area (Å²) in [4.78, 5) is 27.2. The van der Waals surface area contributed by atoms with Crippen LogP contribution in [0.1, 0.15) is 36.2 Å². The van der Waals surface area contributed by atoms with Gasteiger partial charge in [0.15, 0.2) is 0 Å². The molecule has 0 unspecified atom stereocenters. The minimum atomic E-state index is 0.251. The summed E-state index contributed by atoms with van der Waals surface area (Å²) in [5.74, 6) is 0.251. The van der Waals surface area contributed by atoms with Gasteiger partial charge in [0.1, 0.15) is 11.8 Å². The molecule has 2 aromatic rings. The third-order valence-electron chi connectivity index (χ3n) is 6.67. The summed E-state index contributed by atoms with van der Waals surface area (Å²) in [5.41, 5.74) is 3.85. The van der Waals surface area contributed by atoms with Crippen molar-refractivity contribution >= 4 is 16.8 Å². The molecule has 28 heavy (non-hydrogen) atoms. The normalized spacial score (nSPS) is 21.3. The molecule has 146 valence electrons. The van der Waals surface area contributed by atoms with Gasteiger partial charge in [0, 0.05) is 56.4 Å². The second kappa shape index (κ2) is 7.19. The van der Waals surface area contributed by atoms with Crippen molar-refractivity contribution in [1.82, 2.24) is 24.7 Å². The van der Waals surface area contributed by atoms with Crippen LogP contribution in [0.25, 0.3) is 10.9 Å². The van der Waals surface area contributed by atoms with Gasteiger partial charge in [-0.05, 0) is 30.9 Å². The summed E-state index contributed by atoms with van der Waals surface area (Å²) in [6.07, 6.45) is 6.67. The van der Waals surface area contributed by atoms with Crippen LogP contribution >= 0.6 is 0 Å². The van der Waals surface area contributed by atoms with E-state index in [-0.39, 0.29) is 5.91 Å². The van der Waals surface area contributed by atoms with Crippen LogP contribution in [0.3, 0.4) is 0 Å². The number of hydrogen-bond acceptors (Lipinski definition) is 5. The van der Waals surface area contributed by atoms with Crippen molar-refractivity contribution in [2.45, 2.75) is 38.3 Å². The van der Waals surface area contributed by atoms with Crippen LogP contribution in [0, 0.1) is 11.3 Å². The Morgan fingerprint density at radius 1 is 1.25 bits per heavy atom. The van der Waals surface area contributed by atoms with Crippen molar-refractivity contribution in [3.05, 3.63) is 29.2 Å². The predicted molar refractivity (Wildman–Crippen MR) is 106 cm³/mol. The molecule has 2 aromatic heterocycles. The molecule has 7 heteroatoms. The summed E-state index contributed by atoms with van der Waals surface area (Å²) in [5, 5.41) is 10.2. The molecule has 2 fully saturated rings. The van der Waals surface area contributed by atoms with Crippen molar-refractivity contribution < 1.29 is 4.79 Å². The molecule has 4 heterocycles. The Balaban J connectivity index is 1.21. The summed E-state index contributed by atoms with van der Waals surface area (Å²) < 4.78 is 0. The molecule has 2 aliphatic heterocycles. The van der Waals surface area contributed by atoms with E-state index in [0.717, 1.165) is 68.3 Å². The first-order valence-electron chi connectivity index (χ1n) is 10.3. The van der Waals surface area contributed by atoms with Gasteiger partial charge in [-0.1, -0.05) is 6.42 Å². The molecular weight excluding hydrogens is 352 g/mol. The first-order chi connectivity index (χ1) is 13.7. The Kier molecular flexibility index (Phi) is 4.53. The summed E-state index contributed by atoms with van der Waals surface area (Å²) in [6.45, 7) is 5.89. The Hall–Kier alpha value is -2.43. The molecule has 0 bridgehead atoms. The molecule has 3 aliphatic rings. The number of fused-ring (bicyclic) bond motifs is 3. The quantitative estimate of drug-likeness (QED) is 0.875. The number of piperazine rings is 1. The molecule has 7 nitrogen and oxygen atoms in total. The fraction of sp³-hybridized carbons (Fsp3) is 0.571. The minimum absolute atomic E-state index is 0.251. The van der Waals surface area contributed by atoms with E-state index in [0.29, 0.717) is 12.2 Å². The average Bonchev–Trinajstić information content (AvgIpc) is 3.04. The molecule has 0 atom stereocenters. The Bertz CT molecular complexity index is 932. The summed E-state index contributed by atoms with van der Waals surface area (Å²) in [7, 11) is 0. The van der Waals surface area contributed by atoms with Gasteiger partial charge in [-0.2, -0.15) is 5.26 Å². The van der Waals surface area contributed by atoms with E-state index in [1.54, 1.807) is 6.20 Å². The van der Waals surface area contributed by atoms with Crippen LogP contribution < -0.4 is 0 Å². The van der Waals surface area contributed by atoms with Gasteiger partial charge < -0.3 is 9.88 Å². The Morgan fingerprint density at radius 3 is 2.79 bits per heavy atom. The first kappa shape index (κ1) is 17.7. The zero-order valence-corrected chi connectivity index (χ0v) is 16.2. The van der Waals surface area contributed by atoms with Crippen LogP contribution in [0.4, 0.5) is 0 Å². The van der Waals surface area contributed by atoms with E-state index in [1.807, 2.05) is 11.0 Å². The monoisotopic (exact) mass is 378 g/mol. The lowest BCUT2D eigenvalue weighted by molar-refractivity contribution is -0.135. The summed E-state index contributed by atoms with van der Waals surface area (Å²) in [6, 6.07) is 4.76. The van der Waals surface area contributed by atoms with Crippen LogP contribution in [0.2, 0.25) is 0 Å². The van der Waals surface area contributed by atoms with Crippen LogP contribution in [0.5, 0.6) is 0 Å². The van der Waals surface area contributed by atoms with Crippen molar-refractivity contribution in [1.29, 1.82) is 5.26 Å². The summed E-state index contributed by atoms with van der Waals surface area (Å²) >= 11 is 0. The van der Waals surface area contributed by atoms with E-state index in [9.17, 15) is 4.79 Å². The average molecular weight is 378 g/mol. The largest absolute Gasteiger partial charge is 0.356 e. The molecular formula is C21H26N6O. The zero-order valence-electron chi connectivity index (χ0n) is 16.2. The third kappa shape index (κ3) is 3.17. The molecule has 5 rings (SSSR count). The first-order valence-corrected chi connectivity index (χ1v) is 10.3. The molecule has 0 spiro atoms. The van der Waals surface area contributed by atoms with E-state index < -0.39 is 0 Å². The Labute approximate surface area is 164 Å². The van der Waals surface area contributed by atoms with Gasteiger partial charge in [0.25, 0.3) is 0 Å². The zero-order chi connectivity index (χ0) is 19.1. The van der Waals surface area contributed by atoms with Crippen LogP contribution in [0.15, 0.2) is 12.3 Å². The molecule has 0 aromatic carbocycles. The number of carbonyl (C=O) groups excluding carboxylic acids is 1. The number of pyridine rings is 1. The number of nitrogens with one attached hydrogen (secondary N) is 1. The number of aromatic nitrogens is 2. The lowest BCUT2D eigenvalue weighted by atomic mass is 9.91. The highest BCUT2D eigenvalue weighted by Crippen LogP contribution is 2.28. The number of nitrogens with zero attached hydrogens (tertiary/aromatic N) is 5. The molecule has 1 N–H and O–H groups in total. The van der Waals surface area contributed by atoms with Gasteiger partial charge in [0.2, 0.25) is 5.91 Å².